The zero-order valence-electron chi connectivity index (χ0n) is 13.5. The molecule has 0 fully saturated rings. The third kappa shape index (κ3) is 3.37. The summed E-state index contributed by atoms with van der Waals surface area (Å²) < 4.78 is 33.3. The van der Waals surface area contributed by atoms with E-state index >= 15 is 0 Å². The Labute approximate surface area is 141 Å². The summed E-state index contributed by atoms with van der Waals surface area (Å²) in [4.78, 5) is 23.8. The number of anilines is 2. The zero-order valence-corrected chi connectivity index (χ0v) is 13.5. The van der Waals surface area contributed by atoms with Crippen molar-refractivity contribution in [2.45, 2.75) is 19.9 Å². The van der Waals surface area contributed by atoms with Gasteiger partial charge in [0.05, 0.1) is 11.2 Å². The van der Waals surface area contributed by atoms with E-state index in [1.165, 1.54) is 10.6 Å². The van der Waals surface area contributed by atoms with Crippen LogP contribution in [0.2, 0.25) is 0 Å². The van der Waals surface area contributed by atoms with Crippen LogP contribution in [0.1, 0.15) is 19.9 Å². The summed E-state index contributed by atoms with van der Waals surface area (Å²) >= 11 is 0. The standard InChI is InChI=1S/C17H15F2N3O3/c1-9(2)22-14-6-4-11(8-15(14)25-17(22)24)20-16(23)21-13-7-10(18)3-5-12(13)19/h3-9H,1-2H3,(H2,20,21,23). The lowest BCUT2D eigenvalue weighted by atomic mass is 10.2. The fourth-order valence-electron chi connectivity index (χ4n) is 2.48. The second-order valence-electron chi connectivity index (χ2n) is 5.72. The highest BCUT2D eigenvalue weighted by Crippen LogP contribution is 2.21. The maximum atomic E-state index is 13.5. The Morgan fingerprint density at radius 3 is 2.60 bits per heavy atom. The van der Waals surface area contributed by atoms with Crippen LogP contribution < -0.4 is 16.4 Å². The van der Waals surface area contributed by atoms with Crippen molar-refractivity contribution in [3.8, 4) is 0 Å². The molecule has 3 aromatic rings. The number of benzene rings is 2. The summed E-state index contributed by atoms with van der Waals surface area (Å²) in [5.41, 5.74) is 0.970. The van der Waals surface area contributed by atoms with E-state index in [0.717, 1.165) is 18.2 Å². The van der Waals surface area contributed by atoms with Gasteiger partial charge in [-0.25, -0.2) is 18.4 Å². The van der Waals surface area contributed by atoms with Crippen molar-refractivity contribution in [1.29, 1.82) is 0 Å². The molecule has 6 nitrogen and oxygen atoms in total. The quantitative estimate of drug-likeness (QED) is 0.749. The summed E-state index contributed by atoms with van der Waals surface area (Å²) in [6.45, 7) is 3.70. The minimum absolute atomic E-state index is 0.0770. The van der Waals surface area contributed by atoms with E-state index in [1.807, 2.05) is 13.8 Å². The molecule has 0 unspecified atom stereocenters. The molecule has 8 heteroatoms. The first-order valence-corrected chi connectivity index (χ1v) is 7.53. The smallest absolute Gasteiger partial charge is 0.408 e. The molecule has 0 radical (unpaired) electrons. The van der Waals surface area contributed by atoms with Crippen LogP contribution in [0.3, 0.4) is 0 Å². The maximum absolute atomic E-state index is 13.5. The van der Waals surface area contributed by atoms with Gasteiger partial charge in [0.25, 0.3) is 0 Å². The van der Waals surface area contributed by atoms with Crippen LogP contribution >= 0.6 is 0 Å². The SMILES string of the molecule is CC(C)n1c(=O)oc2cc(NC(=O)Nc3cc(F)ccc3F)ccc21. The largest absolute Gasteiger partial charge is 0.420 e. The summed E-state index contributed by atoms with van der Waals surface area (Å²) in [6, 6.07) is 6.61. The molecule has 0 bridgehead atoms. The van der Waals surface area contributed by atoms with Crippen molar-refractivity contribution < 1.29 is 18.0 Å². The molecule has 3 rings (SSSR count). The third-order valence-corrected chi connectivity index (χ3v) is 3.56. The Balaban J connectivity index is 1.82. The number of oxazole rings is 1. The molecular weight excluding hydrogens is 332 g/mol. The molecular formula is C17H15F2N3O3. The molecule has 0 atom stereocenters. The predicted molar refractivity (Wildman–Crippen MR) is 89.9 cm³/mol. The van der Waals surface area contributed by atoms with E-state index < -0.39 is 23.4 Å². The Morgan fingerprint density at radius 1 is 1.12 bits per heavy atom. The lowest BCUT2D eigenvalue weighted by Gasteiger charge is -2.09. The van der Waals surface area contributed by atoms with Gasteiger partial charge >= 0.3 is 11.8 Å². The molecule has 0 saturated heterocycles. The van der Waals surface area contributed by atoms with E-state index in [2.05, 4.69) is 10.6 Å². The minimum atomic E-state index is -0.757. The number of aromatic nitrogens is 1. The number of nitrogens with one attached hydrogen (secondary N) is 2. The number of amides is 2. The monoisotopic (exact) mass is 347 g/mol. The minimum Gasteiger partial charge on any atom is -0.408 e. The summed E-state index contributed by atoms with van der Waals surface area (Å²) in [6.07, 6.45) is 0. The van der Waals surface area contributed by atoms with Gasteiger partial charge in [-0.2, -0.15) is 0 Å². The number of hydrogen-bond acceptors (Lipinski definition) is 3. The number of urea groups is 1. The van der Waals surface area contributed by atoms with Gasteiger partial charge in [0.15, 0.2) is 5.58 Å². The van der Waals surface area contributed by atoms with Gasteiger partial charge in [0.1, 0.15) is 11.6 Å². The zero-order chi connectivity index (χ0) is 18.1. The van der Waals surface area contributed by atoms with Gasteiger partial charge in [0, 0.05) is 23.9 Å². The second kappa shape index (κ2) is 6.39. The molecule has 0 spiro atoms. The van der Waals surface area contributed by atoms with Gasteiger partial charge in [-0.05, 0) is 38.1 Å². The molecule has 1 heterocycles. The predicted octanol–water partition coefficient (Wildman–Crippen LogP) is 4.10. The van der Waals surface area contributed by atoms with Crippen LogP contribution in [0, 0.1) is 11.6 Å². The molecule has 2 N–H and O–H groups in total. The van der Waals surface area contributed by atoms with Crippen LogP contribution in [0.4, 0.5) is 25.0 Å². The molecule has 2 aromatic carbocycles. The van der Waals surface area contributed by atoms with Crippen molar-refractivity contribution in [3.05, 3.63) is 58.6 Å². The first-order chi connectivity index (χ1) is 11.8. The number of carbonyl (C=O) groups excluding carboxylic acids is 1. The molecule has 0 saturated carbocycles. The highest BCUT2D eigenvalue weighted by atomic mass is 19.1. The van der Waals surface area contributed by atoms with Gasteiger partial charge in [-0.1, -0.05) is 0 Å². The molecule has 2 amide bonds. The lowest BCUT2D eigenvalue weighted by molar-refractivity contribution is 0.262. The number of fused-ring (bicyclic) bond motifs is 1. The van der Waals surface area contributed by atoms with Gasteiger partial charge < -0.3 is 15.1 Å². The van der Waals surface area contributed by atoms with Crippen LogP contribution in [0.5, 0.6) is 0 Å². The van der Waals surface area contributed by atoms with Crippen molar-refractivity contribution in [1.82, 2.24) is 4.57 Å². The average Bonchev–Trinajstić information content (AvgIpc) is 2.86. The number of halogens is 2. The first kappa shape index (κ1) is 16.7. The molecule has 130 valence electrons. The number of carbonyl (C=O) groups is 1. The Hall–Kier alpha value is -3.16. The van der Waals surface area contributed by atoms with E-state index in [1.54, 1.807) is 12.1 Å². The average molecular weight is 347 g/mol. The molecule has 1 aromatic heterocycles. The number of rotatable bonds is 3. The van der Waals surface area contributed by atoms with Crippen LogP contribution in [0.25, 0.3) is 11.1 Å². The highest BCUT2D eigenvalue weighted by molar-refractivity contribution is 6.00. The lowest BCUT2D eigenvalue weighted by Crippen LogP contribution is -2.20. The van der Waals surface area contributed by atoms with Crippen molar-refractivity contribution in [2.24, 2.45) is 0 Å². The fourth-order valence-corrected chi connectivity index (χ4v) is 2.48. The second-order valence-corrected chi connectivity index (χ2v) is 5.72. The van der Waals surface area contributed by atoms with Crippen molar-refractivity contribution >= 4 is 28.5 Å². The van der Waals surface area contributed by atoms with Crippen LogP contribution in [0.15, 0.2) is 45.6 Å². The molecule has 0 aliphatic rings. The Kier molecular flexibility index (Phi) is 4.26. The Morgan fingerprint density at radius 2 is 1.88 bits per heavy atom. The highest BCUT2D eigenvalue weighted by Gasteiger charge is 2.13. The number of hydrogen-bond donors (Lipinski definition) is 2. The van der Waals surface area contributed by atoms with E-state index in [-0.39, 0.29) is 11.7 Å². The topological polar surface area (TPSA) is 76.3 Å². The van der Waals surface area contributed by atoms with E-state index in [0.29, 0.717) is 16.8 Å². The van der Waals surface area contributed by atoms with E-state index in [4.69, 9.17) is 4.42 Å². The first-order valence-electron chi connectivity index (χ1n) is 7.53. The van der Waals surface area contributed by atoms with Crippen molar-refractivity contribution in [2.75, 3.05) is 10.6 Å². The van der Waals surface area contributed by atoms with Crippen LogP contribution in [-0.4, -0.2) is 10.6 Å². The summed E-state index contributed by atoms with van der Waals surface area (Å²) in [7, 11) is 0. The van der Waals surface area contributed by atoms with Gasteiger partial charge in [0.2, 0.25) is 0 Å². The normalized spacial score (nSPS) is 11.1. The third-order valence-electron chi connectivity index (χ3n) is 3.56. The summed E-state index contributed by atoms with van der Waals surface area (Å²) in [5, 5.41) is 4.70. The maximum Gasteiger partial charge on any atom is 0.420 e. The van der Waals surface area contributed by atoms with Gasteiger partial charge in [-0.15, -0.1) is 0 Å². The van der Waals surface area contributed by atoms with Crippen LogP contribution in [-0.2, 0) is 0 Å². The molecule has 25 heavy (non-hydrogen) atoms. The summed E-state index contributed by atoms with van der Waals surface area (Å²) in [5.74, 6) is -1.92. The van der Waals surface area contributed by atoms with Crippen molar-refractivity contribution in [3.63, 3.8) is 0 Å². The van der Waals surface area contributed by atoms with E-state index in [9.17, 15) is 18.4 Å². The fraction of sp³-hybridized carbons (Fsp3) is 0.176. The number of nitrogens with zero attached hydrogens (tertiary/aromatic N) is 1. The molecule has 0 aliphatic heterocycles. The Bertz CT molecular complexity index is 1010. The van der Waals surface area contributed by atoms with Gasteiger partial charge in [-0.3, -0.25) is 4.57 Å². The molecule has 0 aliphatic carbocycles.